The summed E-state index contributed by atoms with van der Waals surface area (Å²) in [7, 11) is 3.14. The lowest BCUT2D eigenvalue weighted by molar-refractivity contribution is -0.142. The fourth-order valence-corrected chi connectivity index (χ4v) is 1.21. The topological polar surface area (TPSA) is 78.9 Å². The van der Waals surface area contributed by atoms with Crippen LogP contribution in [0, 0.1) is 5.41 Å². The molecule has 6 nitrogen and oxygen atoms in total. The van der Waals surface area contributed by atoms with Crippen molar-refractivity contribution in [3.8, 4) is 0 Å². The number of methoxy groups -OCH3 is 1. The Balaban J connectivity index is 4.47. The van der Waals surface area contributed by atoms with E-state index in [1.165, 1.54) is 4.90 Å². The number of amides is 2. The van der Waals surface area contributed by atoms with Crippen molar-refractivity contribution in [1.29, 1.82) is 0 Å². The molecule has 0 aromatic rings. The van der Waals surface area contributed by atoms with Gasteiger partial charge < -0.3 is 20.1 Å². The van der Waals surface area contributed by atoms with E-state index in [2.05, 4.69) is 5.32 Å². The number of ether oxygens (including phenoxy) is 1. The van der Waals surface area contributed by atoms with Crippen molar-refractivity contribution in [1.82, 2.24) is 10.2 Å². The van der Waals surface area contributed by atoms with Crippen LogP contribution in [-0.2, 0) is 9.53 Å². The van der Waals surface area contributed by atoms with Gasteiger partial charge in [0.1, 0.15) is 6.04 Å². The number of carbonyl (C=O) groups is 2. The molecular formula is C11H22N2O4. The van der Waals surface area contributed by atoms with Crippen LogP contribution in [0.2, 0.25) is 0 Å². The number of rotatable bonds is 5. The fraction of sp³-hybridized carbons (Fsp3) is 0.818. The van der Waals surface area contributed by atoms with Crippen molar-refractivity contribution in [2.24, 2.45) is 5.41 Å². The lowest BCUT2D eigenvalue weighted by Crippen LogP contribution is -2.52. The van der Waals surface area contributed by atoms with Crippen molar-refractivity contribution in [3.63, 3.8) is 0 Å². The number of carbonyl (C=O) groups excluding carboxylic acids is 1. The summed E-state index contributed by atoms with van der Waals surface area (Å²) >= 11 is 0. The van der Waals surface area contributed by atoms with E-state index in [1.54, 1.807) is 34.9 Å². The molecule has 17 heavy (non-hydrogen) atoms. The van der Waals surface area contributed by atoms with Gasteiger partial charge in [0, 0.05) is 20.7 Å². The molecule has 0 aliphatic heterocycles. The highest BCUT2D eigenvalue weighted by Crippen LogP contribution is 2.19. The number of aliphatic carboxylic acids is 1. The van der Waals surface area contributed by atoms with Crippen LogP contribution in [0.5, 0.6) is 0 Å². The molecule has 0 heterocycles. The predicted molar refractivity (Wildman–Crippen MR) is 63.9 cm³/mol. The first-order chi connectivity index (χ1) is 7.70. The minimum absolute atomic E-state index is 0.413. The van der Waals surface area contributed by atoms with Gasteiger partial charge in [0.05, 0.1) is 6.61 Å². The largest absolute Gasteiger partial charge is 0.480 e. The van der Waals surface area contributed by atoms with Crippen molar-refractivity contribution in [3.05, 3.63) is 0 Å². The van der Waals surface area contributed by atoms with Crippen LogP contribution in [0.1, 0.15) is 20.8 Å². The van der Waals surface area contributed by atoms with E-state index in [9.17, 15) is 9.59 Å². The molecule has 2 amide bonds. The van der Waals surface area contributed by atoms with E-state index in [0.717, 1.165) is 0 Å². The normalized spacial score (nSPS) is 13.0. The molecule has 0 aromatic carbocycles. The maximum atomic E-state index is 11.7. The van der Waals surface area contributed by atoms with Gasteiger partial charge in [-0.1, -0.05) is 20.8 Å². The molecule has 0 saturated carbocycles. The number of nitrogens with zero attached hydrogens (tertiary/aromatic N) is 1. The molecule has 1 atom stereocenters. The summed E-state index contributed by atoms with van der Waals surface area (Å²) in [4.78, 5) is 24.2. The Hall–Kier alpha value is -1.30. The summed E-state index contributed by atoms with van der Waals surface area (Å²) in [6.45, 7) is 6.12. The lowest BCUT2D eigenvalue weighted by Gasteiger charge is -2.29. The minimum Gasteiger partial charge on any atom is -0.480 e. The number of carboxylic acids is 1. The van der Waals surface area contributed by atoms with Crippen LogP contribution >= 0.6 is 0 Å². The van der Waals surface area contributed by atoms with Crippen LogP contribution in [0.4, 0.5) is 4.79 Å². The second-order valence-corrected chi connectivity index (χ2v) is 5.00. The van der Waals surface area contributed by atoms with Gasteiger partial charge in [0.25, 0.3) is 0 Å². The molecule has 6 heteroatoms. The molecule has 0 fully saturated rings. The third-order valence-electron chi connectivity index (χ3n) is 2.36. The molecule has 0 aliphatic rings. The molecule has 0 saturated heterocycles. The fourth-order valence-electron chi connectivity index (χ4n) is 1.21. The Morgan fingerprint density at radius 1 is 1.41 bits per heavy atom. The van der Waals surface area contributed by atoms with Crippen LogP contribution in [0.3, 0.4) is 0 Å². The predicted octanol–water partition coefficient (Wildman–Crippen LogP) is 0.773. The summed E-state index contributed by atoms with van der Waals surface area (Å²) in [5.74, 6) is -1.04. The minimum atomic E-state index is -1.04. The maximum Gasteiger partial charge on any atom is 0.326 e. The van der Waals surface area contributed by atoms with Gasteiger partial charge in [0.2, 0.25) is 0 Å². The Morgan fingerprint density at radius 2 is 1.94 bits per heavy atom. The molecular weight excluding hydrogens is 224 g/mol. The van der Waals surface area contributed by atoms with Crippen LogP contribution < -0.4 is 5.32 Å². The molecule has 0 bridgehead atoms. The zero-order chi connectivity index (χ0) is 13.6. The second-order valence-electron chi connectivity index (χ2n) is 5.00. The van der Waals surface area contributed by atoms with E-state index in [0.29, 0.717) is 13.2 Å². The maximum absolute atomic E-state index is 11.7. The Bertz CT molecular complexity index is 273. The van der Waals surface area contributed by atoms with Gasteiger partial charge in [-0.05, 0) is 5.41 Å². The number of carboxylic acid groups (broad SMARTS) is 1. The first-order valence-corrected chi connectivity index (χ1v) is 5.43. The zero-order valence-corrected chi connectivity index (χ0v) is 11.1. The number of hydrogen-bond acceptors (Lipinski definition) is 3. The van der Waals surface area contributed by atoms with Crippen molar-refractivity contribution < 1.29 is 19.4 Å². The molecule has 100 valence electrons. The summed E-state index contributed by atoms with van der Waals surface area (Å²) in [5.41, 5.74) is -0.538. The lowest BCUT2D eigenvalue weighted by atomic mass is 9.87. The van der Waals surface area contributed by atoms with Gasteiger partial charge in [-0.3, -0.25) is 0 Å². The number of hydrogen-bond donors (Lipinski definition) is 2. The van der Waals surface area contributed by atoms with Crippen molar-refractivity contribution in [2.45, 2.75) is 26.8 Å². The molecule has 2 N–H and O–H groups in total. The summed E-state index contributed by atoms with van der Waals surface area (Å²) in [6.07, 6.45) is 0. The third kappa shape index (κ3) is 5.53. The molecule has 0 spiro atoms. The van der Waals surface area contributed by atoms with E-state index < -0.39 is 23.5 Å². The van der Waals surface area contributed by atoms with E-state index in [1.807, 2.05) is 0 Å². The SMILES string of the molecule is COCCN(C)C(=O)NC(C(=O)O)C(C)(C)C. The average molecular weight is 246 g/mol. The van der Waals surface area contributed by atoms with E-state index >= 15 is 0 Å². The molecule has 0 aliphatic carbocycles. The van der Waals surface area contributed by atoms with Gasteiger partial charge in [-0.2, -0.15) is 0 Å². The van der Waals surface area contributed by atoms with Gasteiger partial charge in [-0.15, -0.1) is 0 Å². The van der Waals surface area contributed by atoms with Crippen molar-refractivity contribution >= 4 is 12.0 Å². The van der Waals surface area contributed by atoms with E-state index in [4.69, 9.17) is 9.84 Å². The van der Waals surface area contributed by atoms with Gasteiger partial charge >= 0.3 is 12.0 Å². The monoisotopic (exact) mass is 246 g/mol. The van der Waals surface area contributed by atoms with E-state index in [-0.39, 0.29) is 0 Å². The van der Waals surface area contributed by atoms with Crippen molar-refractivity contribution in [2.75, 3.05) is 27.3 Å². The van der Waals surface area contributed by atoms with Crippen LogP contribution in [0.15, 0.2) is 0 Å². The second kappa shape index (κ2) is 6.44. The quantitative estimate of drug-likeness (QED) is 0.751. The summed E-state index contributed by atoms with van der Waals surface area (Å²) in [6, 6.07) is -1.33. The highest BCUT2D eigenvalue weighted by atomic mass is 16.5. The summed E-state index contributed by atoms with van der Waals surface area (Å²) < 4.78 is 4.84. The summed E-state index contributed by atoms with van der Waals surface area (Å²) in [5, 5.41) is 11.6. The highest BCUT2D eigenvalue weighted by molar-refractivity contribution is 5.83. The Morgan fingerprint density at radius 3 is 2.29 bits per heavy atom. The first kappa shape index (κ1) is 15.7. The Kier molecular flexibility index (Phi) is 5.95. The Labute approximate surface area is 102 Å². The highest BCUT2D eigenvalue weighted by Gasteiger charge is 2.33. The molecule has 0 rings (SSSR count). The standard InChI is InChI=1S/C11H22N2O4/c1-11(2,3)8(9(14)15)12-10(16)13(4)6-7-17-5/h8H,6-7H2,1-5H3,(H,12,16)(H,14,15). The molecule has 1 unspecified atom stereocenters. The first-order valence-electron chi connectivity index (χ1n) is 5.43. The number of nitrogens with one attached hydrogen (secondary N) is 1. The number of urea groups is 1. The average Bonchev–Trinajstić information content (AvgIpc) is 2.19. The third-order valence-corrected chi connectivity index (χ3v) is 2.36. The van der Waals surface area contributed by atoms with Crippen LogP contribution in [0.25, 0.3) is 0 Å². The smallest absolute Gasteiger partial charge is 0.326 e. The number of likely N-dealkylation sites (N-methyl/N-ethyl adjacent to an activating group) is 1. The zero-order valence-electron chi connectivity index (χ0n) is 11.1. The molecule has 0 radical (unpaired) electrons. The molecule has 0 aromatic heterocycles. The van der Waals surface area contributed by atoms with Crippen LogP contribution in [-0.4, -0.2) is 55.4 Å². The van der Waals surface area contributed by atoms with Gasteiger partial charge in [-0.25, -0.2) is 9.59 Å². The van der Waals surface area contributed by atoms with Gasteiger partial charge in [0.15, 0.2) is 0 Å².